The molecule has 0 aliphatic heterocycles. The van der Waals surface area contributed by atoms with Crippen LogP contribution in [-0.4, -0.2) is 25.7 Å². The third-order valence-corrected chi connectivity index (χ3v) is 3.85. The van der Waals surface area contributed by atoms with Gasteiger partial charge in [0.1, 0.15) is 11.4 Å². The van der Waals surface area contributed by atoms with E-state index in [4.69, 9.17) is 0 Å². The number of benzene rings is 1. The van der Waals surface area contributed by atoms with Gasteiger partial charge in [-0.05, 0) is 30.2 Å². The number of aryl methyl sites for hydroxylation is 2. The van der Waals surface area contributed by atoms with E-state index >= 15 is 0 Å². The molecule has 0 saturated carbocycles. The Morgan fingerprint density at radius 3 is 2.84 bits per heavy atom. The number of rotatable bonds is 5. The number of amides is 1. The van der Waals surface area contributed by atoms with Crippen LogP contribution in [0.3, 0.4) is 0 Å². The molecule has 2 heterocycles. The van der Waals surface area contributed by atoms with Crippen molar-refractivity contribution in [1.29, 1.82) is 0 Å². The van der Waals surface area contributed by atoms with Gasteiger partial charge in [0.25, 0.3) is 0 Å². The number of carbonyl (C=O) groups is 1. The highest BCUT2D eigenvalue weighted by molar-refractivity contribution is 5.91. The molecule has 6 heteroatoms. The van der Waals surface area contributed by atoms with Crippen LogP contribution in [0.5, 0.6) is 0 Å². The van der Waals surface area contributed by atoms with E-state index < -0.39 is 0 Å². The molecular weight excluding hydrogens is 314 g/mol. The lowest BCUT2D eigenvalue weighted by atomic mass is 10.1. The summed E-state index contributed by atoms with van der Waals surface area (Å²) in [6.07, 6.45) is 8.27. The summed E-state index contributed by atoms with van der Waals surface area (Å²) in [4.78, 5) is 20.3. The highest BCUT2D eigenvalue weighted by Crippen LogP contribution is 2.15. The maximum absolute atomic E-state index is 12.0. The second kappa shape index (κ2) is 7.53. The van der Waals surface area contributed by atoms with E-state index in [1.807, 2.05) is 50.4 Å². The van der Waals surface area contributed by atoms with E-state index in [-0.39, 0.29) is 5.91 Å². The fourth-order valence-electron chi connectivity index (χ4n) is 2.40. The van der Waals surface area contributed by atoms with E-state index in [0.29, 0.717) is 12.2 Å². The van der Waals surface area contributed by atoms with Gasteiger partial charge in [-0.1, -0.05) is 24.3 Å². The van der Waals surface area contributed by atoms with Crippen molar-refractivity contribution in [2.45, 2.75) is 13.5 Å². The Morgan fingerprint density at radius 2 is 2.08 bits per heavy atom. The molecule has 0 aliphatic carbocycles. The van der Waals surface area contributed by atoms with E-state index in [1.165, 1.54) is 0 Å². The van der Waals surface area contributed by atoms with Crippen LogP contribution in [0.1, 0.15) is 16.8 Å². The predicted octanol–water partition coefficient (Wildman–Crippen LogP) is 2.52. The monoisotopic (exact) mass is 333 g/mol. The Labute approximate surface area is 146 Å². The smallest absolute Gasteiger partial charge is 0.244 e. The molecule has 0 saturated heterocycles. The van der Waals surface area contributed by atoms with Crippen LogP contribution in [0, 0.1) is 6.92 Å². The maximum Gasteiger partial charge on any atom is 0.244 e. The number of carbonyl (C=O) groups excluding carboxylic acids is 1. The van der Waals surface area contributed by atoms with Crippen LogP contribution in [0.2, 0.25) is 0 Å². The molecule has 0 fully saturated rings. The zero-order valence-corrected chi connectivity index (χ0v) is 14.2. The Bertz CT molecular complexity index is 899. The number of nitrogens with zero attached hydrogens (tertiary/aromatic N) is 4. The molecule has 0 aliphatic rings. The first-order valence-electron chi connectivity index (χ1n) is 7.94. The van der Waals surface area contributed by atoms with Crippen molar-refractivity contribution in [1.82, 2.24) is 25.1 Å². The van der Waals surface area contributed by atoms with Crippen LogP contribution >= 0.6 is 0 Å². The number of aromatic nitrogens is 4. The molecule has 0 spiro atoms. The minimum absolute atomic E-state index is 0.148. The fraction of sp³-hybridized carbons (Fsp3) is 0.158. The Balaban J connectivity index is 1.63. The van der Waals surface area contributed by atoms with Gasteiger partial charge in [0.2, 0.25) is 5.91 Å². The molecule has 1 aromatic carbocycles. The van der Waals surface area contributed by atoms with E-state index in [9.17, 15) is 4.79 Å². The highest BCUT2D eigenvalue weighted by atomic mass is 16.1. The summed E-state index contributed by atoms with van der Waals surface area (Å²) in [5.74, 6) is -0.148. The average Bonchev–Trinajstić information content (AvgIpc) is 3.01. The van der Waals surface area contributed by atoms with Gasteiger partial charge in [0.15, 0.2) is 0 Å². The number of hydrogen-bond donors (Lipinski definition) is 1. The molecule has 1 amide bonds. The van der Waals surface area contributed by atoms with Crippen LogP contribution in [0.4, 0.5) is 0 Å². The first-order valence-corrected chi connectivity index (χ1v) is 7.94. The van der Waals surface area contributed by atoms with E-state index in [2.05, 4.69) is 20.4 Å². The predicted molar refractivity (Wildman–Crippen MR) is 96.3 cm³/mol. The molecule has 0 radical (unpaired) electrons. The van der Waals surface area contributed by atoms with Gasteiger partial charge >= 0.3 is 0 Å². The highest BCUT2D eigenvalue weighted by Gasteiger charge is 2.09. The standard InChI is InChI=1S/C19H19N5O/c1-14-5-3-4-6-15(14)7-8-19(25)22-12-16-11-17(23-24(16)2)18-13-20-9-10-21-18/h3-11,13H,12H2,1-2H3,(H,22,25)/b8-7+. The fourth-order valence-corrected chi connectivity index (χ4v) is 2.40. The number of hydrogen-bond acceptors (Lipinski definition) is 4. The summed E-state index contributed by atoms with van der Waals surface area (Å²) >= 11 is 0. The largest absolute Gasteiger partial charge is 0.347 e. The average molecular weight is 333 g/mol. The van der Waals surface area contributed by atoms with Crippen molar-refractivity contribution in [2.24, 2.45) is 7.05 Å². The van der Waals surface area contributed by atoms with Crippen molar-refractivity contribution in [3.8, 4) is 11.4 Å². The minimum atomic E-state index is -0.148. The van der Waals surface area contributed by atoms with Crippen molar-refractivity contribution in [2.75, 3.05) is 0 Å². The Morgan fingerprint density at radius 1 is 1.24 bits per heavy atom. The maximum atomic E-state index is 12.0. The Hall–Kier alpha value is -3.28. The molecule has 0 atom stereocenters. The SMILES string of the molecule is Cc1ccccc1/C=C/C(=O)NCc1cc(-c2cnccn2)nn1C. The van der Waals surface area contributed by atoms with Gasteiger partial charge in [0, 0.05) is 25.5 Å². The van der Waals surface area contributed by atoms with Gasteiger partial charge in [-0.15, -0.1) is 0 Å². The van der Waals surface area contributed by atoms with Gasteiger partial charge < -0.3 is 5.32 Å². The van der Waals surface area contributed by atoms with E-state index in [0.717, 1.165) is 22.5 Å². The molecular formula is C19H19N5O. The lowest BCUT2D eigenvalue weighted by molar-refractivity contribution is -0.116. The zero-order valence-electron chi connectivity index (χ0n) is 14.2. The van der Waals surface area contributed by atoms with Crippen molar-refractivity contribution in [3.05, 3.63) is 71.8 Å². The van der Waals surface area contributed by atoms with Gasteiger partial charge in [0.05, 0.1) is 18.4 Å². The first kappa shape index (κ1) is 16.6. The third kappa shape index (κ3) is 4.17. The molecule has 126 valence electrons. The van der Waals surface area contributed by atoms with Crippen molar-refractivity contribution >= 4 is 12.0 Å². The summed E-state index contributed by atoms with van der Waals surface area (Å²) in [5, 5.41) is 7.28. The second-order valence-electron chi connectivity index (χ2n) is 5.64. The normalized spacial score (nSPS) is 11.0. The molecule has 1 N–H and O–H groups in total. The molecule has 25 heavy (non-hydrogen) atoms. The summed E-state index contributed by atoms with van der Waals surface area (Å²) in [5.41, 5.74) is 4.48. The quantitative estimate of drug-likeness (QED) is 0.728. The molecule has 3 aromatic rings. The molecule has 0 bridgehead atoms. The molecule has 2 aromatic heterocycles. The van der Waals surface area contributed by atoms with Crippen LogP contribution in [0.25, 0.3) is 17.5 Å². The minimum Gasteiger partial charge on any atom is -0.347 e. The van der Waals surface area contributed by atoms with E-state index in [1.54, 1.807) is 29.3 Å². The number of nitrogens with one attached hydrogen (secondary N) is 1. The Kier molecular flexibility index (Phi) is 4.99. The van der Waals surface area contributed by atoms with Gasteiger partial charge in [-0.2, -0.15) is 5.10 Å². The lowest BCUT2D eigenvalue weighted by Gasteiger charge is -2.03. The van der Waals surface area contributed by atoms with Crippen LogP contribution in [0.15, 0.2) is 55.0 Å². The third-order valence-electron chi connectivity index (χ3n) is 3.85. The summed E-state index contributed by atoms with van der Waals surface area (Å²) in [7, 11) is 1.84. The first-order chi connectivity index (χ1) is 12.1. The summed E-state index contributed by atoms with van der Waals surface area (Å²) in [6, 6.07) is 9.82. The lowest BCUT2D eigenvalue weighted by Crippen LogP contribution is -2.21. The van der Waals surface area contributed by atoms with Crippen molar-refractivity contribution in [3.63, 3.8) is 0 Å². The topological polar surface area (TPSA) is 72.7 Å². The molecule has 0 unspecified atom stereocenters. The molecule has 3 rings (SSSR count). The summed E-state index contributed by atoms with van der Waals surface area (Å²) < 4.78 is 1.73. The van der Waals surface area contributed by atoms with Crippen LogP contribution < -0.4 is 5.32 Å². The summed E-state index contributed by atoms with van der Waals surface area (Å²) in [6.45, 7) is 2.40. The van der Waals surface area contributed by atoms with Crippen molar-refractivity contribution < 1.29 is 4.79 Å². The van der Waals surface area contributed by atoms with Gasteiger partial charge in [-0.25, -0.2) is 0 Å². The zero-order chi connectivity index (χ0) is 17.6. The second-order valence-corrected chi connectivity index (χ2v) is 5.64. The molecule has 6 nitrogen and oxygen atoms in total. The van der Waals surface area contributed by atoms with Gasteiger partial charge in [-0.3, -0.25) is 19.4 Å². The van der Waals surface area contributed by atoms with Crippen LogP contribution in [-0.2, 0) is 18.4 Å².